The molecule has 1 saturated carbocycles. The van der Waals surface area contributed by atoms with E-state index >= 15 is 0 Å². The van der Waals surface area contributed by atoms with E-state index in [1.54, 1.807) is 0 Å². The largest absolute Gasteiger partial charge is 0.416 e. The Morgan fingerprint density at radius 2 is 1.65 bits per heavy atom. The summed E-state index contributed by atoms with van der Waals surface area (Å²) in [5, 5.41) is 0. The number of halogens is 3. The Hall–Kier alpha value is -1.03. The predicted octanol–water partition coefficient (Wildman–Crippen LogP) is 4.16. The number of ether oxygens (including phenoxy) is 1. The lowest BCUT2D eigenvalue weighted by molar-refractivity contribution is -0.137. The topological polar surface area (TPSA) is 9.23 Å². The molecule has 17 heavy (non-hydrogen) atoms. The van der Waals surface area contributed by atoms with Crippen LogP contribution in [0.5, 0.6) is 0 Å². The number of rotatable bonds is 3. The third kappa shape index (κ3) is 3.46. The van der Waals surface area contributed by atoms with E-state index in [0.29, 0.717) is 6.61 Å². The van der Waals surface area contributed by atoms with E-state index < -0.39 is 11.7 Å². The Bertz CT molecular complexity index is 350. The molecule has 94 valence electrons. The highest BCUT2D eigenvalue weighted by Gasteiger charge is 2.29. The maximum absolute atomic E-state index is 12.3. The van der Waals surface area contributed by atoms with Crippen LogP contribution in [-0.2, 0) is 17.5 Å². The monoisotopic (exact) mass is 244 g/mol. The highest BCUT2D eigenvalue weighted by molar-refractivity contribution is 5.24. The fourth-order valence-corrected chi connectivity index (χ4v) is 2.06. The predicted molar refractivity (Wildman–Crippen MR) is 58.5 cm³/mol. The quantitative estimate of drug-likeness (QED) is 0.775. The van der Waals surface area contributed by atoms with Crippen molar-refractivity contribution in [1.82, 2.24) is 0 Å². The average Bonchev–Trinajstić information content (AvgIpc) is 2.78. The van der Waals surface area contributed by atoms with Gasteiger partial charge in [-0.25, -0.2) is 0 Å². The van der Waals surface area contributed by atoms with Gasteiger partial charge < -0.3 is 4.74 Å². The zero-order chi connectivity index (χ0) is 12.3. The van der Waals surface area contributed by atoms with Gasteiger partial charge in [0.25, 0.3) is 0 Å². The molecule has 4 heteroatoms. The summed E-state index contributed by atoms with van der Waals surface area (Å²) in [7, 11) is 0. The van der Waals surface area contributed by atoms with Crippen LogP contribution in [0.1, 0.15) is 36.8 Å². The molecular formula is C13H15F3O. The number of hydrogen-bond acceptors (Lipinski definition) is 1. The van der Waals surface area contributed by atoms with Gasteiger partial charge in [0.2, 0.25) is 0 Å². The van der Waals surface area contributed by atoms with Gasteiger partial charge in [0, 0.05) is 0 Å². The van der Waals surface area contributed by atoms with Crippen molar-refractivity contribution in [3.05, 3.63) is 35.4 Å². The lowest BCUT2D eigenvalue weighted by Crippen LogP contribution is -2.08. The zero-order valence-corrected chi connectivity index (χ0v) is 9.46. The van der Waals surface area contributed by atoms with E-state index in [-0.39, 0.29) is 6.10 Å². The van der Waals surface area contributed by atoms with Gasteiger partial charge in [-0.3, -0.25) is 0 Å². The third-order valence-corrected chi connectivity index (χ3v) is 3.07. The molecule has 0 unspecified atom stereocenters. The second-order valence-electron chi connectivity index (χ2n) is 4.41. The molecule has 0 saturated heterocycles. The molecular weight excluding hydrogens is 229 g/mol. The minimum atomic E-state index is -4.26. The van der Waals surface area contributed by atoms with E-state index in [2.05, 4.69) is 0 Å². The van der Waals surface area contributed by atoms with Gasteiger partial charge in [-0.05, 0) is 30.5 Å². The van der Waals surface area contributed by atoms with Crippen molar-refractivity contribution in [2.75, 3.05) is 0 Å². The van der Waals surface area contributed by atoms with Crippen LogP contribution in [0.4, 0.5) is 13.2 Å². The first-order valence-electron chi connectivity index (χ1n) is 5.83. The van der Waals surface area contributed by atoms with Gasteiger partial charge >= 0.3 is 6.18 Å². The number of benzene rings is 1. The Labute approximate surface area is 98.6 Å². The molecule has 1 nitrogen and oxygen atoms in total. The van der Waals surface area contributed by atoms with Gasteiger partial charge in [0.1, 0.15) is 0 Å². The molecule has 0 radical (unpaired) electrons. The number of hydrogen-bond donors (Lipinski definition) is 0. The second-order valence-corrected chi connectivity index (χ2v) is 4.41. The van der Waals surface area contributed by atoms with Crippen molar-refractivity contribution in [3.8, 4) is 0 Å². The van der Waals surface area contributed by atoms with Gasteiger partial charge in [0.15, 0.2) is 0 Å². The minimum Gasteiger partial charge on any atom is -0.374 e. The lowest BCUT2D eigenvalue weighted by atomic mass is 10.1. The molecule has 0 bridgehead atoms. The molecule has 0 aliphatic heterocycles. The normalized spacial score (nSPS) is 17.6. The van der Waals surface area contributed by atoms with Crippen LogP contribution in [0.3, 0.4) is 0 Å². The summed E-state index contributed by atoms with van der Waals surface area (Å²) in [6, 6.07) is 5.18. The Kier molecular flexibility index (Phi) is 3.72. The number of alkyl halides is 3. The van der Waals surface area contributed by atoms with Crippen LogP contribution in [0, 0.1) is 0 Å². The first-order valence-corrected chi connectivity index (χ1v) is 5.83. The molecule has 1 aromatic carbocycles. The fourth-order valence-electron chi connectivity index (χ4n) is 2.06. The van der Waals surface area contributed by atoms with E-state index in [0.717, 1.165) is 30.5 Å². The molecule has 2 rings (SSSR count). The molecule has 1 aliphatic rings. The van der Waals surface area contributed by atoms with Crippen LogP contribution in [0.15, 0.2) is 24.3 Å². The standard InChI is InChI=1S/C13H15F3O/c14-13(15,16)11-7-5-10(6-8-11)9-17-12-3-1-2-4-12/h5-8,12H,1-4,9H2. The fraction of sp³-hybridized carbons (Fsp3) is 0.538. The molecule has 0 heterocycles. The van der Waals surface area contributed by atoms with Crippen LogP contribution in [-0.4, -0.2) is 6.10 Å². The van der Waals surface area contributed by atoms with Crippen LogP contribution >= 0.6 is 0 Å². The summed E-state index contributed by atoms with van der Waals surface area (Å²) in [5.74, 6) is 0. The molecule has 1 fully saturated rings. The highest BCUT2D eigenvalue weighted by atomic mass is 19.4. The van der Waals surface area contributed by atoms with Gasteiger partial charge in [0.05, 0.1) is 18.3 Å². The first kappa shape index (κ1) is 12.4. The van der Waals surface area contributed by atoms with Crippen LogP contribution in [0.25, 0.3) is 0 Å². The van der Waals surface area contributed by atoms with Crippen molar-refractivity contribution in [2.45, 2.75) is 44.6 Å². The van der Waals surface area contributed by atoms with Gasteiger partial charge in [-0.1, -0.05) is 25.0 Å². The Morgan fingerprint density at radius 3 is 2.18 bits per heavy atom. The smallest absolute Gasteiger partial charge is 0.374 e. The molecule has 0 aromatic heterocycles. The Morgan fingerprint density at radius 1 is 1.06 bits per heavy atom. The first-order chi connectivity index (χ1) is 8.05. The summed E-state index contributed by atoms with van der Waals surface area (Å²) >= 11 is 0. The molecule has 0 spiro atoms. The molecule has 0 amide bonds. The molecule has 1 aromatic rings. The van der Waals surface area contributed by atoms with Gasteiger partial charge in [-0.2, -0.15) is 13.2 Å². The summed E-state index contributed by atoms with van der Waals surface area (Å²) in [5.41, 5.74) is 0.187. The summed E-state index contributed by atoms with van der Waals surface area (Å²) in [6.07, 6.45) is 0.555. The average molecular weight is 244 g/mol. The zero-order valence-electron chi connectivity index (χ0n) is 9.46. The minimum absolute atomic E-state index is 0.289. The van der Waals surface area contributed by atoms with Crippen molar-refractivity contribution >= 4 is 0 Å². The summed E-state index contributed by atoms with van der Waals surface area (Å²) < 4.78 is 42.6. The second kappa shape index (κ2) is 5.08. The highest BCUT2D eigenvalue weighted by Crippen LogP contribution is 2.29. The van der Waals surface area contributed by atoms with Crippen molar-refractivity contribution in [3.63, 3.8) is 0 Å². The molecule has 1 aliphatic carbocycles. The van der Waals surface area contributed by atoms with E-state index in [9.17, 15) is 13.2 Å². The van der Waals surface area contributed by atoms with E-state index in [1.165, 1.54) is 25.0 Å². The summed E-state index contributed by atoms with van der Waals surface area (Å²) in [4.78, 5) is 0. The molecule has 0 N–H and O–H groups in total. The van der Waals surface area contributed by atoms with E-state index in [1.807, 2.05) is 0 Å². The molecule has 0 atom stereocenters. The van der Waals surface area contributed by atoms with Gasteiger partial charge in [-0.15, -0.1) is 0 Å². The maximum atomic E-state index is 12.3. The van der Waals surface area contributed by atoms with Crippen molar-refractivity contribution in [2.24, 2.45) is 0 Å². The van der Waals surface area contributed by atoms with Crippen molar-refractivity contribution in [1.29, 1.82) is 0 Å². The van der Waals surface area contributed by atoms with Crippen LogP contribution in [0.2, 0.25) is 0 Å². The Balaban J connectivity index is 1.89. The maximum Gasteiger partial charge on any atom is 0.416 e. The summed E-state index contributed by atoms with van der Waals surface area (Å²) in [6.45, 7) is 0.406. The lowest BCUT2D eigenvalue weighted by Gasteiger charge is -2.12. The van der Waals surface area contributed by atoms with Crippen LogP contribution < -0.4 is 0 Å². The van der Waals surface area contributed by atoms with Crippen molar-refractivity contribution < 1.29 is 17.9 Å². The van der Waals surface area contributed by atoms with E-state index in [4.69, 9.17) is 4.74 Å². The third-order valence-electron chi connectivity index (χ3n) is 3.07. The SMILES string of the molecule is FC(F)(F)c1ccc(COC2CCCC2)cc1.